The molecule has 3 aromatic rings. The van der Waals surface area contributed by atoms with Gasteiger partial charge in [0.25, 0.3) is 0 Å². The summed E-state index contributed by atoms with van der Waals surface area (Å²) in [6.07, 6.45) is 8.60. The number of carbonyl (C=O) groups is 1. The number of anilines is 1. The average Bonchev–Trinajstić information content (AvgIpc) is 3.52. The first-order chi connectivity index (χ1) is 18.2. The van der Waals surface area contributed by atoms with Gasteiger partial charge in [0.15, 0.2) is 0 Å². The van der Waals surface area contributed by atoms with Crippen LogP contribution >= 0.6 is 0 Å². The number of nitriles is 1. The smallest absolute Gasteiger partial charge is 0.246 e. The molecule has 0 saturated carbocycles. The van der Waals surface area contributed by atoms with Crippen LogP contribution < -0.4 is 4.90 Å². The van der Waals surface area contributed by atoms with Crippen molar-refractivity contribution >= 4 is 22.6 Å². The highest BCUT2D eigenvalue weighted by Crippen LogP contribution is 2.47. The van der Waals surface area contributed by atoms with Crippen molar-refractivity contribution in [2.24, 2.45) is 10.8 Å². The number of pyridine rings is 1. The van der Waals surface area contributed by atoms with Crippen molar-refractivity contribution in [3.05, 3.63) is 52.9 Å². The van der Waals surface area contributed by atoms with E-state index in [0.29, 0.717) is 18.7 Å². The van der Waals surface area contributed by atoms with Gasteiger partial charge in [-0.1, -0.05) is 26.0 Å². The maximum absolute atomic E-state index is 12.4. The van der Waals surface area contributed by atoms with Crippen molar-refractivity contribution in [3.63, 3.8) is 0 Å². The van der Waals surface area contributed by atoms with Crippen LogP contribution in [-0.2, 0) is 17.6 Å². The van der Waals surface area contributed by atoms with Gasteiger partial charge in [-0.05, 0) is 60.8 Å². The Hall–Kier alpha value is -3.70. The van der Waals surface area contributed by atoms with Crippen molar-refractivity contribution in [2.75, 3.05) is 37.7 Å². The molecule has 0 atom stereocenters. The molecule has 8 nitrogen and oxygen atoms in total. The number of aliphatic hydroxyl groups excluding tert-OH is 1. The zero-order chi connectivity index (χ0) is 26.7. The van der Waals surface area contributed by atoms with Crippen LogP contribution in [0.1, 0.15) is 49.1 Å². The number of hydrogen-bond donors (Lipinski definition) is 2. The fraction of sp³-hybridized carbons (Fsp3) is 0.467. The van der Waals surface area contributed by atoms with Crippen LogP contribution in [-0.4, -0.2) is 63.9 Å². The Morgan fingerprint density at radius 1 is 1.24 bits per heavy atom. The normalized spacial score (nSPS) is 19.7. The van der Waals surface area contributed by atoms with Gasteiger partial charge in [-0.15, -0.1) is 0 Å². The molecule has 2 fully saturated rings. The standard InChI is InChI=1S/C30H34N6O2/c1-19-6-7-23-22(15-32-34-23)26(19)27-20-8-9-29(2,3)13-24(20)33-28(21(27)14-31)35-11-10-30(16-35)17-36(18-30)25(38)5-4-12-37/h4-7,15,37H,8-13,16-18H2,1-3H3,(H,32,34)/b5-4+. The third-order valence-electron chi connectivity index (χ3n) is 8.72. The Morgan fingerprint density at radius 2 is 2.05 bits per heavy atom. The highest BCUT2D eigenvalue weighted by molar-refractivity contribution is 5.99. The van der Waals surface area contributed by atoms with E-state index in [4.69, 9.17) is 10.1 Å². The lowest BCUT2D eigenvalue weighted by molar-refractivity contribution is -0.136. The molecule has 3 aliphatic rings. The molecule has 0 radical (unpaired) electrons. The molecule has 2 N–H and O–H groups in total. The number of aromatic amines is 1. The number of likely N-dealkylation sites (tertiary alicyclic amines) is 1. The number of hydrogen-bond acceptors (Lipinski definition) is 6. The van der Waals surface area contributed by atoms with Crippen LogP contribution in [0.2, 0.25) is 0 Å². The van der Waals surface area contributed by atoms with Gasteiger partial charge in [0.2, 0.25) is 5.91 Å². The predicted octanol–water partition coefficient (Wildman–Crippen LogP) is 3.91. The topological polar surface area (TPSA) is 109 Å². The Balaban J connectivity index is 1.43. The Bertz CT molecular complexity index is 1510. The fourth-order valence-electron chi connectivity index (χ4n) is 6.70. The number of aliphatic hydroxyl groups is 1. The number of carbonyl (C=O) groups excluding carboxylic acids is 1. The van der Waals surface area contributed by atoms with Crippen molar-refractivity contribution in [1.29, 1.82) is 5.26 Å². The zero-order valence-electron chi connectivity index (χ0n) is 22.3. The molecule has 8 heteroatoms. The van der Waals surface area contributed by atoms with E-state index in [1.54, 1.807) is 0 Å². The number of benzene rings is 1. The van der Waals surface area contributed by atoms with Crippen LogP contribution in [0.5, 0.6) is 0 Å². The Kier molecular flexibility index (Phi) is 5.80. The lowest BCUT2D eigenvalue weighted by Crippen LogP contribution is -2.59. The van der Waals surface area contributed by atoms with Crippen LogP contribution in [0.15, 0.2) is 30.5 Å². The molecule has 2 aromatic heterocycles. The monoisotopic (exact) mass is 510 g/mol. The quantitative estimate of drug-likeness (QED) is 0.515. The molecule has 1 aromatic carbocycles. The molecular weight excluding hydrogens is 476 g/mol. The second-order valence-corrected chi connectivity index (χ2v) is 12.1. The molecule has 6 rings (SSSR count). The number of nitrogens with one attached hydrogen (secondary N) is 1. The minimum absolute atomic E-state index is 0.0208. The molecule has 196 valence electrons. The minimum atomic E-state index is -0.134. The van der Waals surface area contributed by atoms with E-state index in [1.165, 1.54) is 17.7 Å². The van der Waals surface area contributed by atoms with Gasteiger partial charge in [-0.25, -0.2) is 4.98 Å². The maximum Gasteiger partial charge on any atom is 0.246 e. The van der Waals surface area contributed by atoms with Gasteiger partial charge in [0, 0.05) is 54.3 Å². The molecule has 38 heavy (non-hydrogen) atoms. The number of aryl methyl sites for hydroxylation is 1. The van der Waals surface area contributed by atoms with Gasteiger partial charge in [-0.2, -0.15) is 10.4 Å². The lowest BCUT2D eigenvalue weighted by atomic mass is 9.73. The fourth-order valence-corrected chi connectivity index (χ4v) is 6.70. The van der Waals surface area contributed by atoms with Crippen LogP contribution in [0.3, 0.4) is 0 Å². The first kappa shape index (κ1) is 24.6. The van der Waals surface area contributed by atoms with Gasteiger partial charge in [0.05, 0.1) is 18.3 Å². The van der Waals surface area contributed by atoms with Gasteiger partial charge in [-0.3, -0.25) is 9.89 Å². The van der Waals surface area contributed by atoms with E-state index in [2.05, 4.69) is 54.1 Å². The number of amides is 1. The number of rotatable bonds is 4. The minimum Gasteiger partial charge on any atom is -0.392 e. The van der Waals surface area contributed by atoms with Gasteiger partial charge in [0.1, 0.15) is 17.5 Å². The Labute approximate surface area is 223 Å². The maximum atomic E-state index is 12.4. The molecule has 1 amide bonds. The van der Waals surface area contributed by atoms with E-state index in [1.807, 2.05) is 11.1 Å². The summed E-state index contributed by atoms with van der Waals surface area (Å²) in [7, 11) is 0. The molecule has 2 aliphatic heterocycles. The van der Waals surface area contributed by atoms with E-state index < -0.39 is 0 Å². The first-order valence-electron chi connectivity index (χ1n) is 13.4. The highest BCUT2D eigenvalue weighted by Gasteiger charge is 2.49. The van der Waals surface area contributed by atoms with E-state index in [0.717, 1.165) is 77.9 Å². The third kappa shape index (κ3) is 3.97. The summed E-state index contributed by atoms with van der Waals surface area (Å²) in [5.41, 5.74) is 7.32. The van der Waals surface area contributed by atoms with Crippen molar-refractivity contribution in [2.45, 2.75) is 46.5 Å². The number of fused-ring (bicyclic) bond motifs is 2. The second kappa shape index (κ2) is 8.95. The SMILES string of the molecule is Cc1ccc2[nH]ncc2c1-c1c(C#N)c(N2CCC3(CN(C(=O)/C=C/CO)C3)C2)nc2c1CCC(C)(C)C2. The summed E-state index contributed by atoms with van der Waals surface area (Å²) < 4.78 is 0. The molecule has 0 unspecified atom stereocenters. The predicted molar refractivity (Wildman–Crippen MR) is 147 cm³/mol. The van der Waals surface area contributed by atoms with E-state index in [-0.39, 0.29) is 23.3 Å². The lowest BCUT2D eigenvalue weighted by Gasteiger charge is -2.47. The second-order valence-electron chi connectivity index (χ2n) is 12.1. The summed E-state index contributed by atoms with van der Waals surface area (Å²) in [5.74, 6) is 0.724. The molecular formula is C30H34N6O2. The van der Waals surface area contributed by atoms with Crippen LogP contribution in [0.25, 0.3) is 22.0 Å². The molecule has 1 aliphatic carbocycles. The number of aromatic nitrogens is 3. The third-order valence-corrected chi connectivity index (χ3v) is 8.72. The Morgan fingerprint density at radius 3 is 2.82 bits per heavy atom. The molecule has 2 saturated heterocycles. The van der Waals surface area contributed by atoms with Gasteiger partial charge >= 0.3 is 0 Å². The summed E-state index contributed by atoms with van der Waals surface area (Å²) in [4.78, 5) is 21.7. The summed E-state index contributed by atoms with van der Waals surface area (Å²) in [6, 6.07) is 6.73. The van der Waals surface area contributed by atoms with Crippen molar-refractivity contribution in [1.82, 2.24) is 20.1 Å². The van der Waals surface area contributed by atoms with E-state index in [9.17, 15) is 10.1 Å². The van der Waals surface area contributed by atoms with E-state index >= 15 is 0 Å². The van der Waals surface area contributed by atoms with Crippen molar-refractivity contribution < 1.29 is 9.90 Å². The highest BCUT2D eigenvalue weighted by atomic mass is 16.2. The van der Waals surface area contributed by atoms with Crippen LogP contribution in [0, 0.1) is 29.1 Å². The zero-order valence-corrected chi connectivity index (χ0v) is 22.3. The molecule has 4 heterocycles. The molecule has 1 spiro atoms. The summed E-state index contributed by atoms with van der Waals surface area (Å²) >= 11 is 0. The number of nitrogens with zero attached hydrogens (tertiary/aromatic N) is 5. The summed E-state index contributed by atoms with van der Waals surface area (Å²) in [6.45, 7) is 9.55. The number of H-pyrrole nitrogens is 1. The summed E-state index contributed by atoms with van der Waals surface area (Å²) in [5, 5.41) is 28.0. The molecule has 0 bridgehead atoms. The van der Waals surface area contributed by atoms with Crippen LogP contribution in [0.4, 0.5) is 5.82 Å². The average molecular weight is 511 g/mol. The first-order valence-corrected chi connectivity index (χ1v) is 13.4. The largest absolute Gasteiger partial charge is 0.392 e. The van der Waals surface area contributed by atoms with Crippen molar-refractivity contribution in [3.8, 4) is 17.2 Å². The van der Waals surface area contributed by atoms with Gasteiger partial charge < -0.3 is 14.9 Å².